The van der Waals surface area contributed by atoms with E-state index in [0.29, 0.717) is 17.6 Å². The molecule has 0 aromatic rings. The molecule has 2 rings (SSSR count). The van der Waals surface area contributed by atoms with Crippen LogP contribution in [0.3, 0.4) is 0 Å². The van der Waals surface area contributed by atoms with Gasteiger partial charge in [-0.05, 0) is 19.3 Å². The quantitative estimate of drug-likeness (QED) is 0.589. The van der Waals surface area contributed by atoms with E-state index in [9.17, 15) is 0 Å². The van der Waals surface area contributed by atoms with Gasteiger partial charge in [-0.3, -0.25) is 0 Å². The molecule has 2 fully saturated rings. The molecule has 10 heavy (non-hydrogen) atoms. The Morgan fingerprint density at radius 1 is 1.50 bits per heavy atom. The zero-order valence-electron chi connectivity index (χ0n) is 6.47. The summed E-state index contributed by atoms with van der Waals surface area (Å²) in [6.07, 6.45) is 5.51. The van der Waals surface area contributed by atoms with Crippen molar-refractivity contribution in [1.82, 2.24) is 0 Å². The lowest BCUT2D eigenvalue weighted by atomic mass is 9.51. The highest BCUT2D eigenvalue weighted by Crippen LogP contribution is 2.56. The predicted molar refractivity (Wildman–Crippen MR) is 39.7 cm³/mol. The van der Waals surface area contributed by atoms with Crippen LogP contribution in [0.4, 0.5) is 0 Å². The smallest absolute Gasteiger partial charge is 0.0657 e. The normalized spacial score (nSPS) is 42.6. The van der Waals surface area contributed by atoms with Gasteiger partial charge >= 0.3 is 0 Å². The summed E-state index contributed by atoms with van der Waals surface area (Å²) in [6.45, 7) is 0. The van der Waals surface area contributed by atoms with Gasteiger partial charge in [-0.2, -0.15) is 0 Å². The van der Waals surface area contributed by atoms with Gasteiger partial charge in [-0.1, -0.05) is 6.42 Å². The molecule has 58 valence electrons. The number of hydrogen-bond acceptors (Lipinski definition) is 2. The highest BCUT2D eigenvalue weighted by molar-refractivity contribution is 5.10. The molecule has 0 aromatic heterocycles. The molecule has 0 heterocycles. The van der Waals surface area contributed by atoms with Crippen molar-refractivity contribution in [2.24, 2.45) is 11.1 Å². The van der Waals surface area contributed by atoms with E-state index in [0.717, 1.165) is 6.42 Å². The van der Waals surface area contributed by atoms with Gasteiger partial charge in [0.2, 0.25) is 0 Å². The van der Waals surface area contributed by atoms with E-state index in [2.05, 4.69) is 0 Å². The average molecular weight is 141 g/mol. The SMILES string of the molecule is CO[C@@H]1C[C@H](N)C12CCC2. The Morgan fingerprint density at radius 3 is 2.40 bits per heavy atom. The fourth-order valence-electron chi connectivity index (χ4n) is 2.39. The third kappa shape index (κ3) is 0.565. The summed E-state index contributed by atoms with van der Waals surface area (Å²) < 4.78 is 5.33. The van der Waals surface area contributed by atoms with Gasteiger partial charge in [0.05, 0.1) is 6.10 Å². The van der Waals surface area contributed by atoms with E-state index in [1.807, 2.05) is 0 Å². The summed E-state index contributed by atoms with van der Waals surface area (Å²) in [4.78, 5) is 0. The van der Waals surface area contributed by atoms with Crippen molar-refractivity contribution in [3.8, 4) is 0 Å². The summed E-state index contributed by atoms with van der Waals surface area (Å²) in [5.41, 5.74) is 6.33. The van der Waals surface area contributed by atoms with Crippen molar-refractivity contribution >= 4 is 0 Å². The number of nitrogens with two attached hydrogens (primary N) is 1. The largest absolute Gasteiger partial charge is 0.381 e. The van der Waals surface area contributed by atoms with E-state index in [4.69, 9.17) is 10.5 Å². The summed E-state index contributed by atoms with van der Waals surface area (Å²) >= 11 is 0. The van der Waals surface area contributed by atoms with Crippen molar-refractivity contribution in [2.45, 2.75) is 37.8 Å². The Balaban J connectivity index is 2.03. The molecule has 2 heteroatoms. The Hall–Kier alpha value is -0.0800. The first-order valence-corrected chi connectivity index (χ1v) is 4.08. The minimum Gasteiger partial charge on any atom is -0.381 e. The maximum atomic E-state index is 5.90. The van der Waals surface area contributed by atoms with Crippen LogP contribution in [-0.2, 0) is 4.74 Å². The lowest BCUT2D eigenvalue weighted by molar-refractivity contribution is -0.151. The number of methoxy groups -OCH3 is 1. The summed E-state index contributed by atoms with van der Waals surface area (Å²) in [5, 5.41) is 0. The Morgan fingerprint density at radius 2 is 2.20 bits per heavy atom. The minimum absolute atomic E-state index is 0.425. The molecule has 2 atom stereocenters. The maximum absolute atomic E-state index is 5.90. The van der Waals surface area contributed by atoms with Crippen LogP contribution in [0.2, 0.25) is 0 Å². The van der Waals surface area contributed by atoms with Gasteiger partial charge in [-0.25, -0.2) is 0 Å². The van der Waals surface area contributed by atoms with Crippen molar-refractivity contribution < 1.29 is 4.74 Å². The van der Waals surface area contributed by atoms with E-state index >= 15 is 0 Å². The topological polar surface area (TPSA) is 35.2 Å². The fraction of sp³-hybridized carbons (Fsp3) is 1.00. The molecule has 0 bridgehead atoms. The first kappa shape index (κ1) is 6.62. The van der Waals surface area contributed by atoms with Crippen molar-refractivity contribution in [3.05, 3.63) is 0 Å². The van der Waals surface area contributed by atoms with Gasteiger partial charge in [0, 0.05) is 18.6 Å². The zero-order valence-corrected chi connectivity index (χ0v) is 6.47. The van der Waals surface area contributed by atoms with Gasteiger partial charge in [-0.15, -0.1) is 0 Å². The monoisotopic (exact) mass is 141 g/mol. The molecule has 0 radical (unpaired) electrons. The Labute approximate surface area is 61.7 Å². The van der Waals surface area contributed by atoms with Gasteiger partial charge in [0.1, 0.15) is 0 Å². The second-order valence-corrected chi connectivity index (χ2v) is 3.65. The minimum atomic E-state index is 0.425. The highest BCUT2D eigenvalue weighted by Gasteiger charge is 2.56. The second-order valence-electron chi connectivity index (χ2n) is 3.65. The van der Waals surface area contributed by atoms with Crippen LogP contribution < -0.4 is 5.73 Å². The van der Waals surface area contributed by atoms with Crippen LogP contribution in [0.1, 0.15) is 25.7 Å². The standard InChI is InChI=1S/C8H15NO/c1-10-7-5-6(9)8(7)3-2-4-8/h6-7H,2-5,9H2,1H3/t6-,7+/m0/s1. The van der Waals surface area contributed by atoms with E-state index in [-0.39, 0.29) is 0 Å². The molecule has 0 aromatic carbocycles. The lowest BCUT2D eigenvalue weighted by Crippen LogP contribution is -2.65. The molecule has 1 spiro atoms. The summed E-state index contributed by atoms with van der Waals surface area (Å²) in [6, 6.07) is 0.436. The maximum Gasteiger partial charge on any atom is 0.0657 e. The Kier molecular flexibility index (Phi) is 1.29. The zero-order chi connectivity index (χ0) is 7.19. The number of hydrogen-bond donors (Lipinski definition) is 1. The predicted octanol–water partition coefficient (Wildman–Crippen LogP) is 0.903. The molecule has 2 saturated carbocycles. The number of ether oxygens (including phenoxy) is 1. The number of rotatable bonds is 1. The molecular formula is C8H15NO. The van der Waals surface area contributed by atoms with Crippen LogP contribution >= 0.6 is 0 Å². The van der Waals surface area contributed by atoms with Crippen LogP contribution in [-0.4, -0.2) is 19.3 Å². The van der Waals surface area contributed by atoms with Crippen LogP contribution in [0, 0.1) is 5.41 Å². The molecule has 2 aliphatic rings. The van der Waals surface area contributed by atoms with Crippen LogP contribution in [0.25, 0.3) is 0 Å². The van der Waals surface area contributed by atoms with Gasteiger partial charge < -0.3 is 10.5 Å². The summed E-state index contributed by atoms with van der Waals surface area (Å²) in [7, 11) is 1.80. The average Bonchev–Trinajstić information content (AvgIpc) is 1.78. The van der Waals surface area contributed by atoms with Crippen molar-refractivity contribution in [3.63, 3.8) is 0 Å². The molecule has 0 saturated heterocycles. The van der Waals surface area contributed by atoms with Crippen LogP contribution in [0.5, 0.6) is 0 Å². The lowest BCUT2D eigenvalue weighted by Gasteiger charge is -2.59. The molecular weight excluding hydrogens is 126 g/mol. The molecule has 0 unspecified atom stereocenters. The second kappa shape index (κ2) is 1.95. The first-order valence-electron chi connectivity index (χ1n) is 4.08. The molecule has 2 aliphatic carbocycles. The third-order valence-electron chi connectivity index (χ3n) is 3.42. The highest BCUT2D eigenvalue weighted by atomic mass is 16.5. The van der Waals surface area contributed by atoms with Crippen LogP contribution in [0.15, 0.2) is 0 Å². The van der Waals surface area contributed by atoms with E-state index < -0.39 is 0 Å². The van der Waals surface area contributed by atoms with Gasteiger partial charge in [0.25, 0.3) is 0 Å². The first-order chi connectivity index (χ1) is 4.79. The Bertz CT molecular complexity index is 142. The molecule has 2 nitrogen and oxygen atoms in total. The van der Waals surface area contributed by atoms with Crippen molar-refractivity contribution in [2.75, 3.05) is 7.11 Å². The fourth-order valence-corrected chi connectivity index (χ4v) is 2.39. The van der Waals surface area contributed by atoms with E-state index in [1.165, 1.54) is 19.3 Å². The molecule has 2 N–H and O–H groups in total. The molecule has 0 aliphatic heterocycles. The third-order valence-corrected chi connectivity index (χ3v) is 3.42. The summed E-state index contributed by atoms with van der Waals surface area (Å²) in [5.74, 6) is 0. The van der Waals surface area contributed by atoms with Gasteiger partial charge in [0.15, 0.2) is 0 Å². The van der Waals surface area contributed by atoms with E-state index in [1.54, 1.807) is 7.11 Å². The van der Waals surface area contributed by atoms with Crippen molar-refractivity contribution in [1.29, 1.82) is 0 Å². The molecule has 0 amide bonds.